The van der Waals surface area contributed by atoms with Crippen molar-refractivity contribution in [2.24, 2.45) is 0 Å². The van der Waals surface area contributed by atoms with Crippen molar-refractivity contribution in [3.05, 3.63) is 17.0 Å². The van der Waals surface area contributed by atoms with Crippen molar-refractivity contribution in [1.29, 1.82) is 0 Å². The lowest BCUT2D eigenvalue weighted by atomic mass is 10.3. The third kappa shape index (κ3) is 1.65. The Balaban J connectivity index is 2.88. The molecule has 2 nitrogen and oxygen atoms in total. The monoisotopic (exact) mass is 176 g/mol. The molecule has 0 amide bonds. The van der Waals surface area contributed by atoms with E-state index >= 15 is 0 Å². The van der Waals surface area contributed by atoms with Crippen molar-refractivity contribution in [2.45, 2.75) is 17.6 Å². The van der Waals surface area contributed by atoms with Crippen LogP contribution in [0, 0.1) is 0 Å². The van der Waals surface area contributed by atoms with Crippen LogP contribution in [0.25, 0.3) is 0 Å². The lowest BCUT2D eigenvalue weighted by molar-refractivity contribution is 0.566. The lowest BCUT2D eigenvalue weighted by Gasteiger charge is -1.83. The summed E-state index contributed by atoms with van der Waals surface area (Å²) in [7, 11) is 0. The summed E-state index contributed by atoms with van der Waals surface area (Å²) >= 11 is -0.459. The highest BCUT2D eigenvalue weighted by atomic mass is 32.2. The Bertz CT molecular complexity index is 242. The van der Waals surface area contributed by atoms with Gasteiger partial charge in [0.2, 0.25) is 0 Å². The third-order valence-corrected chi connectivity index (χ3v) is 3.16. The molecule has 0 aliphatic heterocycles. The molecule has 1 aromatic heterocycles. The van der Waals surface area contributed by atoms with Crippen LogP contribution in [-0.2, 0) is 17.5 Å². The van der Waals surface area contributed by atoms with Gasteiger partial charge in [0.05, 0.1) is 0 Å². The van der Waals surface area contributed by atoms with Crippen molar-refractivity contribution >= 4 is 22.4 Å². The van der Waals surface area contributed by atoms with Crippen LogP contribution in [0.3, 0.4) is 0 Å². The molecule has 1 N–H and O–H groups in total. The van der Waals surface area contributed by atoms with Crippen LogP contribution >= 0.6 is 11.3 Å². The minimum atomic E-state index is -1.79. The first-order chi connectivity index (χ1) is 4.74. The first-order valence-corrected chi connectivity index (χ1v) is 4.91. The van der Waals surface area contributed by atoms with Crippen LogP contribution in [0.5, 0.6) is 0 Å². The number of thiophene rings is 1. The largest absolute Gasteiger partial charge is 0.302 e. The second-order valence-electron chi connectivity index (χ2n) is 1.88. The Morgan fingerprint density at radius 1 is 1.80 bits per heavy atom. The van der Waals surface area contributed by atoms with Crippen LogP contribution in [0.2, 0.25) is 0 Å². The molecule has 0 saturated carbocycles. The van der Waals surface area contributed by atoms with E-state index in [0.29, 0.717) is 4.21 Å². The molecule has 0 saturated heterocycles. The van der Waals surface area contributed by atoms with Gasteiger partial charge >= 0.3 is 0 Å². The van der Waals surface area contributed by atoms with Crippen molar-refractivity contribution in [1.82, 2.24) is 0 Å². The SMILES string of the molecule is CCc1csc(S(=O)O)c1. The highest BCUT2D eigenvalue weighted by Gasteiger charge is 2.01. The molecule has 0 fully saturated rings. The summed E-state index contributed by atoms with van der Waals surface area (Å²) in [5.74, 6) is 0. The van der Waals surface area contributed by atoms with Gasteiger partial charge in [0.25, 0.3) is 0 Å². The van der Waals surface area contributed by atoms with E-state index in [1.54, 1.807) is 6.07 Å². The minimum absolute atomic E-state index is 0.539. The summed E-state index contributed by atoms with van der Waals surface area (Å²) in [5.41, 5.74) is 1.13. The van der Waals surface area contributed by atoms with E-state index < -0.39 is 11.1 Å². The van der Waals surface area contributed by atoms with E-state index in [4.69, 9.17) is 4.55 Å². The molecule has 1 aromatic rings. The topological polar surface area (TPSA) is 37.3 Å². The summed E-state index contributed by atoms with van der Waals surface area (Å²) in [4.78, 5) is 0. The summed E-state index contributed by atoms with van der Waals surface area (Å²) < 4.78 is 19.6. The van der Waals surface area contributed by atoms with Crippen LogP contribution in [-0.4, -0.2) is 8.76 Å². The van der Waals surface area contributed by atoms with Gasteiger partial charge in [-0.15, -0.1) is 11.3 Å². The Morgan fingerprint density at radius 3 is 2.80 bits per heavy atom. The fourth-order valence-corrected chi connectivity index (χ4v) is 2.08. The predicted octanol–water partition coefficient (Wildman–Crippen LogP) is 1.89. The molecule has 1 rings (SSSR count). The number of hydrogen-bond donors (Lipinski definition) is 1. The zero-order valence-electron chi connectivity index (χ0n) is 5.53. The van der Waals surface area contributed by atoms with E-state index in [1.807, 2.05) is 12.3 Å². The number of aryl methyl sites for hydroxylation is 1. The van der Waals surface area contributed by atoms with E-state index in [9.17, 15) is 4.21 Å². The highest BCUT2D eigenvalue weighted by molar-refractivity contribution is 7.81. The Labute approximate surface area is 66.2 Å². The molecule has 1 atom stereocenters. The van der Waals surface area contributed by atoms with E-state index in [2.05, 4.69) is 0 Å². The number of hydrogen-bond acceptors (Lipinski definition) is 2. The van der Waals surface area contributed by atoms with Gasteiger partial charge in [-0.25, -0.2) is 4.21 Å². The van der Waals surface area contributed by atoms with E-state index in [0.717, 1.165) is 12.0 Å². The maximum Gasteiger partial charge on any atom is 0.196 e. The molecule has 4 heteroatoms. The van der Waals surface area contributed by atoms with Crippen molar-refractivity contribution in [3.8, 4) is 0 Å². The molecule has 1 heterocycles. The van der Waals surface area contributed by atoms with Gasteiger partial charge in [-0.2, -0.15) is 0 Å². The first kappa shape index (κ1) is 7.91. The molecule has 10 heavy (non-hydrogen) atoms. The Morgan fingerprint density at radius 2 is 2.50 bits per heavy atom. The summed E-state index contributed by atoms with van der Waals surface area (Å²) in [6.07, 6.45) is 0.924. The molecule has 0 aliphatic rings. The first-order valence-electron chi connectivity index (χ1n) is 2.92. The molecule has 0 aromatic carbocycles. The molecule has 0 radical (unpaired) electrons. The molecule has 1 unspecified atom stereocenters. The van der Waals surface area contributed by atoms with Crippen LogP contribution < -0.4 is 0 Å². The summed E-state index contributed by atoms with van der Waals surface area (Å²) in [5, 5.41) is 1.91. The molecule has 0 bridgehead atoms. The average molecular weight is 176 g/mol. The van der Waals surface area contributed by atoms with Gasteiger partial charge < -0.3 is 4.55 Å². The van der Waals surface area contributed by atoms with E-state index in [-0.39, 0.29) is 0 Å². The molecule has 0 aliphatic carbocycles. The van der Waals surface area contributed by atoms with Crippen molar-refractivity contribution in [2.75, 3.05) is 0 Å². The van der Waals surface area contributed by atoms with Crippen LogP contribution in [0.1, 0.15) is 12.5 Å². The molecule has 56 valence electrons. The van der Waals surface area contributed by atoms with Gasteiger partial charge in [-0.1, -0.05) is 6.92 Å². The smallest absolute Gasteiger partial charge is 0.196 e. The Hall–Kier alpha value is -0.190. The van der Waals surface area contributed by atoms with E-state index in [1.165, 1.54) is 11.3 Å². The fourth-order valence-electron chi connectivity index (χ4n) is 0.630. The minimum Gasteiger partial charge on any atom is -0.302 e. The van der Waals surface area contributed by atoms with Gasteiger partial charge in [0, 0.05) is 0 Å². The summed E-state index contributed by atoms with van der Waals surface area (Å²) in [6.45, 7) is 2.02. The maximum atomic E-state index is 10.5. The van der Waals surface area contributed by atoms with Crippen molar-refractivity contribution < 1.29 is 8.76 Å². The zero-order valence-corrected chi connectivity index (χ0v) is 7.17. The molecular formula is C6H8O2S2. The van der Waals surface area contributed by atoms with Gasteiger partial charge in [-0.05, 0) is 23.4 Å². The standard InChI is InChI=1S/C6H8O2S2/c1-2-5-3-6(9-4-5)10(7)8/h3-4H,2H2,1H3,(H,7,8). The normalized spacial score (nSPS) is 13.4. The van der Waals surface area contributed by atoms with Gasteiger partial charge in [0.15, 0.2) is 11.1 Å². The third-order valence-electron chi connectivity index (χ3n) is 1.21. The quantitative estimate of drug-likeness (QED) is 0.699. The second kappa shape index (κ2) is 3.27. The fraction of sp³-hybridized carbons (Fsp3) is 0.333. The van der Waals surface area contributed by atoms with Gasteiger partial charge in [-0.3, -0.25) is 0 Å². The van der Waals surface area contributed by atoms with Crippen LogP contribution in [0.4, 0.5) is 0 Å². The number of rotatable bonds is 2. The predicted molar refractivity (Wildman–Crippen MR) is 42.7 cm³/mol. The average Bonchev–Trinajstić information content (AvgIpc) is 2.34. The molecular weight excluding hydrogens is 168 g/mol. The summed E-state index contributed by atoms with van der Waals surface area (Å²) in [6, 6.07) is 1.76. The molecule has 0 spiro atoms. The zero-order chi connectivity index (χ0) is 7.56. The van der Waals surface area contributed by atoms with Crippen molar-refractivity contribution in [3.63, 3.8) is 0 Å². The lowest BCUT2D eigenvalue weighted by Crippen LogP contribution is -1.81. The van der Waals surface area contributed by atoms with Crippen LogP contribution in [0.15, 0.2) is 15.7 Å². The Kier molecular flexibility index (Phi) is 2.59. The second-order valence-corrected chi connectivity index (χ2v) is 3.98. The highest BCUT2D eigenvalue weighted by Crippen LogP contribution is 2.17. The van der Waals surface area contributed by atoms with Gasteiger partial charge in [0.1, 0.15) is 4.21 Å². The maximum absolute atomic E-state index is 10.5.